The van der Waals surface area contributed by atoms with Gasteiger partial charge in [0.2, 0.25) is 0 Å². The Balaban J connectivity index is 3.15. The van der Waals surface area contributed by atoms with Crippen LogP contribution in [-0.4, -0.2) is 5.78 Å². The fraction of sp³-hybridized carbons (Fsp3) is 0.286. The van der Waals surface area contributed by atoms with Gasteiger partial charge in [-0.05, 0) is 24.6 Å². The van der Waals surface area contributed by atoms with E-state index in [1.54, 1.807) is 13.0 Å². The lowest BCUT2D eigenvalue weighted by molar-refractivity contribution is 0.0986. The molecule has 0 fully saturated rings. The van der Waals surface area contributed by atoms with Gasteiger partial charge in [0, 0.05) is 12.5 Å². The van der Waals surface area contributed by atoms with Crippen LogP contribution in [-0.2, 0) is 0 Å². The highest BCUT2D eigenvalue weighted by atomic mass is 35.5. The maximum atomic E-state index is 10.7. The van der Waals surface area contributed by atoms with E-state index in [1.807, 2.05) is 0 Å². The summed E-state index contributed by atoms with van der Waals surface area (Å²) in [4.78, 5) is 10.7. The minimum absolute atomic E-state index is 0.0931. The van der Waals surface area contributed by atoms with Crippen LogP contribution in [0.2, 0.25) is 5.22 Å². The third-order valence-electron chi connectivity index (χ3n) is 1.21. The molecular weight excluding hydrogens is 152 g/mol. The summed E-state index contributed by atoms with van der Waals surface area (Å²) in [6.07, 6.45) is 0. The molecule has 0 atom stereocenters. The molecule has 0 amide bonds. The Morgan fingerprint density at radius 1 is 1.70 bits per heavy atom. The van der Waals surface area contributed by atoms with Crippen molar-refractivity contribution in [3.8, 4) is 0 Å². The second-order valence-corrected chi connectivity index (χ2v) is 2.49. The molecule has 3 heteroatoms. The Labute approximate surface area is 63.8 Å². The summed E-state index contributed by atoms with van der Waals surface area (Å²) >= 11 is 5.49. The van der Waals surface area contributed by atoms with Gasteiger partial charge in [-0.2, -0.15) is 0 Å². The van der Waals surface area contributed by atoms with Gasteiger partial charge in [-0.3, -0.25) is 4.79 Å². The highest BCUT2D eigenvalue weighted by Gasteiger charge is 2.09. The second kappa shape index (κ2) is 2.46. The fourth-order valence-corrected chi connectivity index (χ4v) is 1.03. The van der Waals surface area contributed by atoms with E-state index in [1.165, 1.54) is 6.92 Å². The predicted octanol–water partition coefficient (Wildman–Crippen LogP) is 2.44. The molecule has 0 N–H and O–H groups in total. The van der Waals surface area contributed by atoms with Crippen LogP contribution in [0, 0.1) is 6.92 Å². The van der Waals surface area contributed by atoms with Gasteiger partial charge < -0.3 is 4.42 Å². The predicted molar refractivity (Wildman–Crippen MR) is 38.5 cm³/mol. The van der Waals surface area contributed by atoms with Crippen molar-refractivity contribution in [2.75, 3.05) is 0 Å². The van der Waals surface area contributed by atoms with E-state index in [4.69, 9.17) is 16.0 Å². The first-order valence-electron chi connectivity index (χ1n) is 2.88. The molecule has 0 bridgehead atoms. The van der Waals surface area contributed by atoms with Crippen molar-refractivity contribution >= 4 is 17.4 Å². The van der Waals surface area contributed by atoms with Crippen molar-refractivity contribution in [1.82, 2.24) is 0 Å². The summed E-state index contributed by atoms with van der Waals surface area (Å²) in [5.74, 6) is 0.259. The molecule has 0 aliphatic rings. The molecule has 10 heavy (non-hydrogen) atoms. The van der Waals surface area contributed by atoms with Gasteiger partial charge in [0.25, 0.3) is 0 Å². The lowest BCUT2D eigenvalue weighted by Gasteiger charge is -1.86. The highest BCUT2D eigenvalue weighted by molar-refractivity contribution is 6.29. The smallest absolute Gasteiger partial charge is 0.195 e. The number of hydrogen-bond donors (Lipinski definition) is 0. The van der Waals surface area contributed by atoms with E-state index in [0.29, 0.717) is 5.76 Å². The number of ketones is 1. The zero-order chi connectivity index (χ0) is 7.72. The number of carbonyl (C=O) groups is 1. The van der Waals surface area contributed by atoms with E-state index < -0.39 is 0 Å². The quantitative estimate of drug-likeness (QED) is 0.588. The summed E-state index contributed by atoms with van der Waals surface area (Å²) in [5, 5.41) is 0.266. The molecule has 0 radical (unpaired) electrons. The van der Waals surface area contributed by atoms with Crippen LogP contribution in [0.3, 0.4) is 0 Å². The van der Waals surface area contributed by atoms with Crippen molar-refractivity contribution in [1.29, 1.82) is 0 Å². The minimum Gasteiger partial charge on any atom is -0.441 e. The van der Waals surface area contributed by atoms with Crippen LogP contribution < -0.4 is 0 Å². The number of furan rings is 1. The van der Waals surface area contributed by atoms with Gasteiger partial charge in [-0.1, -0.05) is 0 Å². The molecule has 0 aromatic carbocycles. The number of rotatable bonds is 1. The van der Waals surface area contributed by atoms with Gasteiger partial charge in [0.1, 0.15) is 0 Å². The summed E-state index contributed by atoms with van der Waals surface area (Å²) in [6.45, 7) is 3.23. The minimum atomic E-state index is -0.0931. The number of Topliss-reactive ketones (excluding diaryl/α,β-unsaturated/α-hetero) is 1. The number of carbonyl (C=O) groups excluding carboxylic acids is 1. The third kappa shape index (κ3) is 1.21. The lowest BCUT2D eigenvalue weighted by atomic mass is 10.2. The summed E-state index contributed by atoms with van der Waals surface area (Å²) < 4.78 is 4.89. The fourth-order valence-electron chi connectivity index (χ4n) is 0.793. The molecule has 1 aromatic rings. The number of halogens is 1. The zero-order valence-corrected chi connectivity index (χ0v) is 6.53. The molecule has 2 nitrogen and oxygen atoms in total. The average molecular weight is 159 g/mol. The van der Waals surface area contributed by atoms with E-state index >= 15 is 0 Å². The van der Waals surface area contributed by atoms with Gasteiger partial charge in [0.05, 0.1) is 0 Å². The molecular formula is C7H7ClO2. The van der Waals surface area contributed by atoms with Crippen LogP contribution >= 0.6 is 11.6 Å². The molecule has 1 heterocycles. The zero-order valence-electron chi connectivity index (χ0n) is 5.77. The Morgan fingerprint density at radius 3 is 2.50 bits per heavy atom. The normalized spacial score (nSPS) is 9.90. The summed E-state index contributed by atoms with van der Waals surface area (Å²) in [7, 11) is 0. The van der Waals surface area contributed by atoms with Gasteiger partial charge in [-0.15, -0.1) is 0 Å². The molecule has 0 aliphatic heterocycles. The van der Waals surface area contributed by atoms with Gasteiger partial charge in [0.15, 0.2) is 16.8 Å². The molecule has 0 aliphatic carbocycles. The molecule has 0 saturated carbocycles. The lowest BCUT2D eigenvalue weighted by Crippen LogP contribution is -1.89. The molecule has 1 aromatic heterocycles. The average Bonchev–Trinajstić information content (AvgIpc) is 2.10. The van der Waals surface area contributed by atoms with E-state index in [-0.39, 0.29) is 11.0 Å². The third-order valence-corrected chi connectivity index (χ3v) is 1.39. The number of hydrogen-bond acceptors (Lipinski definition) is 2. The van der Waals surface area contributed by atoms with E-state index in [0.717, 1.165) is 5.56 Å². The molecule has 0 saturated heterocycles. The standard InChI is InChI=1S/C7H7ClO2/c1-4-3-6(8)10-7(4)5(2)9/h3H,1-2H3. The first-order chi connectivity index (χ1) is 4.61. The van der Waals surface area contributed by atoms with E-state index in [2.05, 4.69) is 0 Å². The SMILES string of the molecule is CC(=O)c1oc(Cl)cc1C. The van der Waals surface area contributed by atoms with Crippen molar-refractivity contribution in [2.45, 2.75) is 13.8 Å². The van der Waals surface area contributed by atoms with Crippen molar-refractivity contribution in [3.05, 3.63) is 22.6 Å². The first kappa shape index (κ1) is 7.35. The Kier molecular flexibility index (Phi) is 1.81. The maximum absolute atomic E-state index is 10.7. The van der Waals surface area contributed by atoms with Crippen LogP contribution in [0.4, 0.5) is 0 Å². The Morgan fingerprint density at radius 2 is 2.30 bits per heavy atom. The Hall–Kier alpha value is -0.760. The second-order valence-electron chi connectivity index (χ2n) is 2.12. The van der Waals surface area contributed by atoms with Crippen LogP contribution in [0.5, 0.6) is 0 Å². The molecule has 0 unspecified atom stereocenters. The molecule has 0 spiro atoms. The summed E-state index contributed by atoms with van der Waals surface area (Å²) in [5.41, 5.74) is 0.789. The van der Waals surface area contributed by atoms with Crippen molar-refractivity contribution < 1.29 is 9.21 Å². The topological polar surface area (TPSA) is 30.2 Å². The first-order valence-corrected chi connectivity index (χ1v) is 3.26. The van der Waals surface area contributed by atoms with Crippen LogP contribution in [0.1, 0.15) is 23.0 Å². The van der Waals surface area contributed by atoms with Crippen molar-refractivity contribution in [3.63, 3.8) is 0 Å². The van der Waals surface area contributed by atoms with Crippen molar-refractivity contribution in [2.24, 2.45) is 0 Å². The highest BCUT2D eigenvalue weighted by Crippen LogP contribution is 2.18. The largest absolute Gasteiger partial charge is 0.441 e. The van der Waals surface area contributed by atoms with Gasteiger partial charge in [-0.25, -0.2) is 0 Å². The van der Waals surface area contributed by atoms with E-state index in [9.17, 15) is 4.79 Å². The Bertz CT molecular complexity index is 263. The van der Waals surface area contributed by atoms with Crippen LogP contribution in [0.15, 0.2) is 10.5 Å². The number of aryl methyl sites for hydroxylation is 1. The van der Waals surface area contributed by atoms with Gasteiger partial charge >= 0.3 is 0 Å². The van der Waals surface area contributed by atoms with Crippen LogP contribution in [0.25, 0.3) is 0 Å². The monoisotopic (exact) mass is 158 g/mol. The maximum Gasteiger partial charge on any atom is 0.195 e. The molecule has 54 valence electrons. The molecule has 1 rings (SSSR count). The summed E-state index contributed by atoms with van der Waals surface area (Å²) in [6, 6.07) is 1.62.